The van der Waals surface area contributed by atoms with E-state index in [-0.39, 0.29) is 36.0 Å². The van der Waals surface area contributed by atoms with Crippen LogP contribution in [0, 0.1) is 15.9 Å². The van der Waals surface area contributed by atoms with Crippen molar-refractivity contribution in [2.24, 2.45) is 0 Å². The number of thioether (sulfide) groups is 1. The standard InChI is InChI=1S/C20H20FN3O5S/c21-14-4-7-16(8-5-14)30-12-2-10-22-19(25)3-1-11-23-17-9-6-15(24(27)28)13-18(17)29-20(23)26/h4-9,13H,1-3,10-12H2,(H,22,25). The average Bonchev–Trinajstić information content (AvgIpc) is 3.03. The molecule has 1 amide bonds. The number of rotatable bonds is 10. The van der Waals surface area contributed by atoms with E-state index in [2.05, 4.69) is 5.32 Å². The molecule has 0 fully saturated rings. The van der Waals surface area contributed by atoms with Gasteiger partial charge in [-0.2, -0.15) is 0 Å². The Balaban J connectivity index is 1.39. The molecule has 3 rings (SSSR count). The van der Waals surface area contributed by atoms with Crippen molar-refractivity contribution in [2.75, 3.05) is 12.3 Å². The second-order valence-electron chi connectivity index (χ2n) is 6.54. The van der Waals surface area contributed by atoms with Gasteiger partial charge in [-0.3, -0.25) is 19.5 Å². The van der Waals surface area contributed by atoms with Crippen molar-refractivity contribution in [3.8, 4) is 0 Å². The van der Waals surface area contributed by atoms with E-state index < -0.39 is 10.7 Å². The van der Waals surface area contributed by atoms with Crippen molar-refractivity contribution in [3.05, 3.63) is 68.9 Å². The van der Waals surface area contributed by atoms with Crippen molar-refractivity contribution in [1.29, 1.82) is 0 Å². The van der Waals surface area contributed by atoms with Crippen molar-refractivity contribution < 1.29 is 18.5 Å². The fourth-order valence-corrected chi connectivity index (χ4v) is 3.74. The van der Waals surface area contributed by atoms with Crippen molar-refractivity contribution in [1.82, 2.24) is 9.88 Å². The van der Waals surface area contributed by atoms with Crippen LogP contribution in [-0.2, 0) is 11.3 Å². The maximum atomic E-state index is 12.8. The first kappa shape index (κ1) is 21.6. The number of nitrogens with zero attached hydrogens (tertiary/aromatic N) is 2. The van der Waals surface area contributed by atoms with Gasteiger partial charge in [-0.25, -0.2) is 9.18 Å². The van der Waals surface area contributed by atoms with Crippen LogP contribution in [0.2, 0.25) is 0 Å². The fourth-order valence-electron chi connectivity index (χ4n) is 2.89. The number of carbonyl (C=O) groups is 1. The van der Waals surface area contributed by atoms with Crippen molar-refractivity contribution in [3.63, 3.8) is 0 Å². The molecule has 8 nitrogen and oxygen atoms in total. The van der Waals surface area contributed by atoms with Crippen LogP contribution in [0.1, 0.15) is 19.3 Å². The number of non-ortho nitro benzene ring substituents is 1. The highest BCUT2D eigenvalue weighted by Gasteiger charge is 2.14. The number of nitro groups is 1. The maximum Gasteiger partial charge on any atom is 0.419 e. The van der Waals surface area contributed by atoms with Crippen LogP contribution in [0.25, 0.3) is 11.1 Å². The molecule has 10 heteroatoms. The molecule has 0 aliphatic carbocycles. The molecular formula is C20H20FN3O5S. The first-order valence-electron chi connectivity index (χ1n) is 9.37. The minimum atomic E-state index is -0.608. The number of hydrogen-bond donors (Lipinski definition) is 1. The molecule has 1 N–H and O–H groups in total. The van der Waals surface area contributed by atoms with Crippen LogP contribution in [-0.4, -0.2) is 27.7 Å². The number of hydrogen-bond acceptors (Lipinski definition) is 6. The summed E-state index contributed by atoms with van der Waals surface area (Å²) < 4.78 is 19.3. The summed E-state index contributed by atoms with van der Waals surface area (Å²) in [6.07, 6.45) is 1.46. The van der Waals surface area contributed by atoms with E-state index in [9.17, 15) is 24.1 Å². The molecule has 0 saturated carbocycles. The van der Waals surface area contributed by atoms with Gasteiger partial charge in [0.2, 0.25) is 5.91 Å². The number of aromatic nitrogens is 1. The Morgan fingerprint density at radius 1 is 1.20 bits per heavy atom. The number of carbonyl (C=O) groups excluding carboxylic acids is 1. The molecule has 2 aromatic carbocycles. The van der Waals surface area contributed by atoms with Crippen LogP contribution < -0.4 is 11.1 Å². The van der Waals surface area contributed by atoms with Gasteiger partial charge in [0.05, 0.1) is 16.5 Å². The summed E-state index contributed by atoms with van der Waals surface area (Å²) in [5, 5.41) is 13.6. The Labute approximate surface area is 175 Å². The van der Waals surface area contributed by atoms with Crippen LogP contribution in [0.4, 0.5) is 10.1 Å². The SMILES string of the molecule is O=C(CCCn1c(=O)oc2cc([N+](=O)[O-])ccc21)NCCCSc1ccc(F)cc1. The fraction of sp³-hybridized carbons (Fsp3) is 0.300. The van der Waals surface area contributed by atoms with Gasteiger partial charge in [0.1, 0.15) is 5.82 Å². The predicted molar refractivity (Wildman–Crippen MR) is 111 cm³/mol. The van der Waals surface area contributed by atoms with E-state index in [1.807, 2.05) is 0 Å². The molecule has 1 heterocycles. The number of oxazole rings is 1. The summed E-state index contributed by atoms with van der Waals surface area (Å²) in [6.45, 7) is 0.808. The van der Waals surface area contributed by atoms with E-state index in [1.165, 1.54) is 34.9 Å². The van der Waals surface area contributed by atoms with Gasteiger partial charge in [0.25, 0.3) is 5.69 Å². The lowest BCUT2D eigenvalue weighted by Crippen LogP contribution is -2.25. The summed E-state index contributed by atoms with van der Waals surface area (Å²) in [5.41, 5.74) is 0.460. The number of benzene rings is 2. The Hall–Kier alpha value is -3.14. The largest absolute Gasteiger partial charge is 0.419 e. The number of fused-ring (bicyclic) bond motifs is 1. The summed E-state index contributed by atoms with van der Waals surface area (Å²) in [4.78, 5) is 35.2. The van der Waals surface area contributed by atoms with E-state index in [0.29, 0.717) is 18.5 Å². The van der Waals surface area contributed by atoms with Gasteiger partial charge < -0.3 is 9.73 Å². The van der Waals surface area contributed by atoms with Crippen molar-refractivity contribution >= 4 is 34.5 Å². The van der Waals surface area contributed by atoms with Gasteiger partial charge in [0, 0.05) is 30.5 Å². The van der Waals surface area contributed by atoms with E-state index in [1.54, 1.807) is 23.9 Å². The lowest BCUT2D eigenvalue weighted by molar-refractivity contribution is -0.384. The minimum Gasteiger partial charge on any atom is -0.407 e. The molecule has 0 aliphatic rings. The second kappa shape index (κ2) is 10.1. The lowest BCUT2D eigenvalue weighted by Gasteiger charge is -2.06. The number of amides is 1. The summed E-state index contributed by atoms with van der Waals surface area (Å²) in [5.74, 6) is -0.186. The van der Waals surface area contributed by atoms with Crippen LogP contribution in [0.5, 0.6) is 0 Å². The summed E-state index contributed by atoms with van der Waals surface area (Å²) >= 11 is 1.59. The van der Waals surface area contributed by atoms with Gasteiger partial charge >= 0.3 is 5.76 Å². The first-order chi connectivity index (χ1) is 14.4. The molecule has 30 heavy (non-hydrogen) atoms. The van der Waals surface area contributed by atoms with Gasteiger partial charge in [-0.05, 0) is 48.9 Å². The third-order valence-corrected chi connectivity index (χ3v) is 5.47. The number of nitrogens with one attached hydrogen (secondary N) is 1. The van der Waals surface area contributed by atoms with Crippen LogP contribution >= 0.6 is 11.8 Å². The Morgan fingerprint density at radius 3 is 2.70 bits per heavy atom. The minimum absolute atomic E-state index is 0.113. The van der Waals surface area contributed by atoms with E-state index >= 15 is 0 Å². The molecule has 0 radical (unpaired) electrons. The highest BCUT2D eigenvalue weighted by atomic mass is 32.2. The molecule has 158 valence electrons. The van der Waals surface area contributed by atoms with Crippen LogP contribution in [0.3, 0.4) is 0 Å². The molecule has 0 atom stereocenters. The third-order valence-electron chi connectivity index (χ3n) is 4.37. The monoisotopic (exact) mass is 433 g/mol. The highest BCUT2D eigenvalue weighted by molar-refractivity contribution is 7.99. The van der Waals surface area contributed by atoms with Gasteiger partial charge in [-0.15, -0.1) is 11.8 Å². The van der Waals surface area contributed by atoms with E-state index in [0.717, 1.165) is 17.1 Å². The molecule has 0 saturated heterocycles. The third kappa shape index (κ3) is 5.69. The number of nitro benzene ring substituents is 1. The second-order valence-corrected chi connectivity index (χ2v) is 7.71. The lowest BCUT2D eigenvalue weighted by atomic mass is 10.2. The quantitative estimate of drug-likeness (QED) is 0.226. The topological polar surface area (TPSA) is 107 Å². The zero-order chi connectivity index (χ0) is 21.5. The molecule has 1 aromatic heterocycles. The van der Waals surface area contributed by atoms with E-state index in [4.69, 9.17) is 4.42 Å². The van der Waals surface area contributed by atoms with Crippen molar-refractivity contribution in [2.45, 2.75) is 30.7 Å². The Morgan fingerprint density at radius 2 is 1.97 bits per heavy atom. The molecular weight excluding hydrogens is 413 g/mol. The molecule has 0 aliphatic heterocycles. The normalized spacial score (nSPS) is 11.0. The molecule has 0 unspecified atom stereocenters. The highest BCUT2D eigenvalue weighted by Crippen LogP contribution is 2.20. The predicted octanol–water partition coefficient (Wildman–Crippen LogP) is 3.72. The van der Waals surface area contributed by atoms with Gasteiger partial charge in [0.15, 0.2) is 5.58 Å². The summed E-state index contributed by atoms with van der Waals surface area (Å²) in [7, 11) is 0. The van der Waals surface area contributed by atoms with Crippen LogP contribution in [0.15, 0.2) is 56.6 Å². The average molecular weight is 433 g/mol. The number of aryl methyl sites for hydroxylation is 1. The zero-order valence-electron chi connectivity index (χ0n) is 16.0. The molecule has 0 spiro atoms. The zero-order valence-corrected chi connectivity index (χ0v) is 16.8. The molecule has 3 aromatic rings. The smallest absolute Gasteiger partial charge is 0.407 e. The Bertz CT molecular complexity index is 1090. The number of halogens is 1. The maximum absolute atomic E-state index is 12.8. The van der Waals surface area contributed by atoms with Gasteiger partial charge in [-0.1, -0.05) is 0 Å². The summed E-state index contributed by atoms with van der Waals surface area (Å²) in [6, 6.07) is 10.3. The first-order valence-corrected chi connectivity index (χ1v) is 10.4. The Kier molecular flexibility index (Phi) is 7.23. The molecule has 0 bridgehead atoms.